The molecule has 2 rings (SSSR count). The zero-order valence-electron chi connectivity index (χ0n) is 8.42. The number of rotatable bonds is 0. The van der Waals surface area contributed by atoms with Crippen molar-refractivity contribution in [3.05, 3.63) is 30.5 Å². The highest BCUT2D eigenvalue weighted by Crippen LogP contribution is 2.37. The Morgan fingerprint density at radius 3 is 2.86 bits per heavy atom. The number of nitrogen functional groups attached to an aromatic ring is 1. The quantitative estimate of drug-likeness (QED) is 0.617. The first kappa shape index (κ1) is 8.94. The SMILES string of the molecule is C=C1Nc2cc(N)ccc2OC1(C)C. The van der Waals surface area contributed by atoms with E-state index in [0.29, 0.717) is 5.69 Å². The Bertz CT molecular complexity index is 396. The van der Waals surface area contributed by atoms with Gasteiger partial charge in [-0.15, -0.1) is 0 Å². The van der Waals surface area contributed by atoms with Crippen molar-refractivity contribution in [1.29, 1.82) is 0 Å². The van der Waals surface area contributed by atoms with Gasteiger partial charge in [-0.3, -0.25) is 0 Å². The van der Waals surface area contributed by atoms with Gasteiger partial charge in [0.25, 0.3) is 0 Å². The zero-order chi connectivity index (χ0) is 10.3. The van der Waals surface area contributed by atoms with Crippen molar-refractivity contribution in [2.75, 3.05) is 11.1 Å². The molecule has 0 saturated heterocycles. The van der Waals surface area contributed by atoms with E-state index in [1.54, 1.807) is 0 Å². The van der Waals surface area contributed by atoms with Crippen LogP contribution < -0.4 is 15.8 Å². The van der Waals surface area contributed by atoms with Gasteiger partial charge in [0.15, 0.2) is 0 Å². The molecule has 1 heterocycles. The van der Waals surface area contributed by atoms with Crippen LogP contribution in [0.15, 0.2) is 30.5 Å². The van der Waals surface area contributed by atoms with E-state index in [9.17, 15) is 0 Å². The van der Waals surface area contributed by atoms with Gasteiger partial charge in [0.05, 0.1) is 11.4 Å². The van der Waals surface area contributed by atoms with E-state index in [1.807, 2.05) is 32.0 Å². The van der Waals surface area contributed by atoms with Crippen molar-refractivity contribution < 1.29 is 4.74 Å². The maximum atomic E-state index is 5.77. The normalized spacial score (nSPS) is 18.0. The number of ether oxygens (including phenoxy) is 1. The second-order valence-electron chi connectivity index (χ2n) is 3.97. The lowest BCUT2D eigenvalue weighted by Gasteiger charge is -2.35. The molecule has 0 radical (unpaired) electrons. The van der Waals surface area contributed by atoms with Gasteiger partial charge in [-0.25, -0.2) is 0 Å². The molecule has 1 aliphatic heterocycles. The topological polar surface area (TPSA) is 47.3 Å². The predicted molar refractivity (Wildman–Crippen MR) is 58.3 cm³/mol. The van der Waals surface area contributed by atoms with Crippen LogP contribution >= 0.6 is 0 Å². The summed E-state index contributed by atoms with van der Waals surface area (Å²) >= 11 is 0. The fourth-order valence-corrected chi connectivity index (χ4v) is 1.38. The van der Waals surface area contributed by atoms with Crippen LogP contribution in [0.5, 0.6) is 5.75 Å². The molecule has 74 valence electrons. The lowest BCUT2D eigenvalue weighted by molar-refractivity contribution is 0.144. The first-order chi connectivity index (χ1) is 6.49. The minimum Gasteiger partial charge on any atom is -0.479 e. The summed E-state index contributed by atoms with van der Waals surface area (Å²) in [5.74, 6) is 0.816. The molecule has 0 saturated carbocycles. The van der Waals surface area contributed by atoms with Crippen molar-refractivity contribution in [1.82, 2.24) is 0 Å². The van der Waals surface area contributed by atoms with E-state index < -0.39 is 0 Å². The van der Waals surface area contributed by atoms with Gasteiger partial charge in [0.2, 0.25) is 0 Å². The number of nitrogens with one attached hydrogen (secondary N) is 1. The van der Waals surface area contributed by atoms with Crippen molar-refractivity contribution in [3.63, 3.8) is 0 Å². The first-order valence-electron chi connectivity index (χ1n) is 4.54. The van der Waals surface area contributed by atoms with E-state index in [0.717, 1.165) is 17.1 Å². The van der Waals surface area contributed by atoms with Crippen molar-refractivity contribution >= 4 is 11.4 Å². The second kappa shape index (κ2) is 2.67. The van der Waals surface area contributed by atoms with Crippen LogP contribution in [0.25, 0.3) is 0 Å². The molecule has 0 fully saturated rings. The molecule has 0 atom stereocenters. The average molecular weight is 190 g/mol. The lowest BCUT2D eigenvalue weighted by atomic mass is 10.0. The van der Waals surface area contributed by atoms with Gasteiger partial charge in [0.1, 0.15) is 11.4 Å². The molecule has 0 amide bonds. The molecule has 0 aliphatic carbocycles. The van der Waals surface area contributed by atoms with Crippen LogP contribution in [0, 0.1) is 0 Å². The van der Waals surface area contributed by atoms with Gasteiger partial charge in [-0.1, -0.05) is 6.58 Å². The van der Waals surface area contributed by atoms with Crippen LogP contribution in [0.2, 0.25) is 0 Å². The van der Waals surface area contributed by atoms with Gasteiger partial charge in [-0.2, -0.15) is 0 Å². The van der Waals surface area contributed by atoms with Crippen LogP contribution in [-0.4, -0.2) is 5.60 Å². The zero-order valence-corrected chi connectivity index (χ0v) is 8.42. The fourth-order valence-electron chi connectivity index (χ4n) is 1.38. The Hall–Kier alpha value is -1.64. The first-order valence-corrected chi connectivity index (χ1v) is 4.54. The van der Waals surface area contributed by atoms with E-state index in [1.165, 1.54) is 0 Å². The smallest absolute Gasteiger partial charge is 0.144 e. The number of hydrogen-bond donors (Lipinski definition) is 2. The maximum absolute atomic E-state index is 5.77. The Morgan fingerprint density at radius 2 is 2.14 bits per heavy atom. The molecular formula is C11H14N2O. The van der Waals surface area contributed by atoms with E-state index in [4.69, 9.17) is 10.5 Å². The third-order valence-electron chi connectivity index (χ3n) is 2.38. The molecule has 0 bridgehead atoms. The number of benzene rings is 1. The van der Waals surface area contributed by atoms with Crippen LogP contribution in [-0.2, 0) is 0 Å². The van der Waals surface area contributed by atoms with Crippen LogP contribution in [0.1, 0.15) is 13.8 Å². The van der Waals surface area contributed by atoms with Crippen LogP contribution in [0.4, 0.5) is 11.4 Å². The standard InChI is InChI=1S/C11H14N2O/c1-7-11(2,3)14-10-5-4-8(12)6-9(10)13-7/h4-6,13H,1,12H2,2-3H3. The summed E-state index contributed by atoms with van der Waals surface area (Å²) in [6.07, 6.45) is 0. The van der Waals surface area contributed by atoms with Gasteiger partial charge >= 0.3 is 0 Å². The van der Waals surface area contributed by atoms with E-state index in [-0.39, 0.29) is 5.60 Å². The summed E-state index contributed by atoms with van der Waals surface area (Å²) in [5.41, 5.74) is 7.74. The predicted octanol–water partition coefficient (Wildman–Crippen LogP) is 2.37. The van der Waals surface area contributed by atoms with Gasteiger partial charge < -0.3 is 15.8 Å². The summed E-state index contributed by atoms with van der Waals surface area (Å²) < 4.78 is 5.77. The molecule has 0 unspecified atom stereocenters. The van der Waals surface area contributed by atoms with Crippen molar-refractivity contribution in [2.24, 2.45) is 0 Å². The van der Waals surface area contributed by atoms with Gasteiger partial charge in [0, 0.05) is 5.69 Å². The highest BCUT2D eigenvalue weighted by Gasteiger charge is 2.29. The second-order valence-corrected chi connectivity index (χ2v) is 3.97. The molecular weight excluding hydrogens is 176 g/mol. The van der Waals surface area contributed by atoms with Crippen molar-refractivity contribution in [2.45, 2.75) is 19.4 Å². The Balaban J connectivity index is 2.46. The largest absolute Gasteiger partial charge is 0.479 e. The van der Waals surface area contributed by atoms with Crippen LogP contribution in [0.3, 0.4) is 0 Å². The Kier molecular flexibility index (Phi) is 1.71. The number of fused-ring (bicyclic) bond motifs is 1. The lowest BCUT2D eigenvalue weighted by Crippen LogP contribution is -2.37. The minimum absolute atomic E-state index is 0.372. The molecule has 1 aromatic rings. The highest BCUT2D eigenvalue weighted by molar-refractivity contribution is 5.68. The molecule has 1 aromatic carbocycles. The molecule has 3 N–H and O–H groups in total. The molecule has 0 spiro atoms. The molecule has 14 heavy (non-hydrogen) atoms. The highest BCUT2D eigenvalue weighted by atomic mass is 16.5. The number of hydrogen-bond acceptors (Lipinski definition) is 3. The third-order valence-corrected chi connectivity index (χ3v) is 2.38. The molecule has 3 heteroatoms. The molecule has 0 aromatic heterocycles. The summed E-state index contributed by atoms with van der Waals surface area (Å²) in [6.45, 7) is 7.87. The fraction of sp³-hybridized carbons (Fsp3) is 0.273. The van der Waals surface area contributed by atoms with E-state index in [2.05, 4.69) is 11.9 Å². The summed E-state index contributed by atoms with van der Waals surface area (Å²) in [5, 5.41) is 3.19. The Morgan fingerprint density at radius 1 is 1.43 bits per heavy atom. The summed E-state index contributed by atoms with van der Waals surface area (Å²) in [4.78, 5) is 0. The Labute approximate surface area is 83.6 Å². The maximum Gasteiger partial charge on any atom is 0.144 e. The molecule has 1 aliphatic rings. The number of nitrogens with two attached hydrogens (primary N) is 1. The molecule has 3 nitrogen and oxygen atoms in total. The summed E-state index contributed by atoms with van der Waals surface area (Å²) in [7, 11) is 0. The average Bonchev–Trinajstić information content (AvgIpc) is 2.08. The summed E-state index contributed by atoms with van der Waals surface area (Å²) in [6, 6.07) is 5.53. The van der Waals surface area contributed by atoms with Crippen molar-refractivity contribution in [3.8, 4) is 5.75 Å². The number of anilines is 2. The minimum atomic E-state index is -0.372. The monoisotopic (exact) mass is 190 g/mol. The van der Waals surface area contributed by atoms with E-state index >= 15 is 0 Å². The van der Waals surface area contributed by atoms with Gasteiger partial charge in [-0.05, 0) is 32.0 Å². The third kappa shape index (κ3) is 1.31.